The van der Waals surface area contributed by atoms with Crippen LogP contribution < -0.4 is 0 Å². The van der Waals surface area contributed by atoms with Crippen LogP contribution in [0.5, 0.6) is 0 Å². The van der Waals surface area contributed by atoms with Crippen LogP contribution in [0.25, 0.3) is 11.2 Å². The number of aromatic amines is 1. The minimum absolute atomic E-state index is 0.381. The highest BCUT2D eigenvalue weighted by Gasteiger charge is 2.25. The second-order valence-corrected chi connectivity index (χ2v) is 6.17. The van der Waals surface area contributed by atoms with E-state index in [4.69, 9.17) is 0 Å². The number of benzene rings is 1. The Hall–Kier alpha value is -1.81. The van der Waals surface area contributed by atoms with Gasteiger partial charge in [0.2, 0.25) is 0 Å². The number of rotatable bonds is 1. The quantitative estimate of drug-likeness (QED) is 0.731. The lowest BCUT2D eigenvalue weighted by molar-refractivity contribution is 0.880. The van der Waals surface area contributed by atoms with Crippen molar-refractivity contribution in [2.75, 3.05) is 0 Å². The molecule has 0 aliphatic carbocycles. The minimum atomic E-state index is 0.381. The molecule has 1 aliphatic heterocycles. The van der Waals surface area contributed by atoms with Gasteiger partial charge in [-0.05, 0) is 36.6 Å². The molecule has 4 heteroatoms. The molecule has 0 fully saturated rings. The van der Waals surface area contributed by atoms with E-state index in [9.17, 15) is 0 Å². The fourth-order valence-electron chi connectivity index (χ4n) is 2.51. The van der Waals surface area contributed by atoms with Gasteiger partial charge in [-0.15, -0.1) is 11.8 Å². The average Bonchev–Trinajstić information content (AvgIpc) is 3.00. The van der Waals surface area contributed by atoms with Crippen molar-refractivity contribution in [1.29, 1.82) is 0 Å². The summed E-state index contributed by atoms with van der Waals surface area (Å²) >= 11 is 1.89. The standard InChI is InChI=1S/C15H13N3S/c1-9-6-11-14(16-8-9)18-15(17-11)13-7-10-4-2-3-5-12(10)19-13/h2-6,8,13H,7H2,1H3,(H,16,17,18). The zero-order chi connectivity index (χ0) is 12.8. The van der Waals surface area contributed by atoms with Crippen LogP contribution in [0.2, 0.25) is 0 Å². The molecular formula is C15H13N3S. The van der Waals surface area contributed by atoms with Crippen LogP contribution in [0.15, 0.2) is 41.4 Å². The molecule has 1 aliphatic rings. The Bertz CT molecular complexity index is 738. The van der Waals surface area contributed by atoms with Crippen molar-refractivity contribution >= 4 is 22.9 Å². The molecule has 94 valence electrons. The number of imidazole rings is 1. The summed E-state index contributed by atoms with van der Waals surface area (Å²) in [6, 6.07) is 10.7. The number of aryl methyl sites for hydroxylation is 1. The predicted octanol–water partition coefficient (Wildman–Crippen LogP) is 3.66. The summed E-state index contributed by atoms with van der Waals surface area (Å²) in [4.78, 5) is 13.8. The van der Waals surface area contributed by atoms with E-state index in [1.54, 1.807) is 0 Å². The first-order valence-electron chi connectivity index (χ1n) is 6.36. The number of hydrogen-bond donors (Lipinski definition) is 1. The van der Waals surface area contributed by atoms with E-state index in [0.717, 1.165) is 29.0 Å². The van der Waals surface area contributed by atoms with Gasteiger partial charge >= 0.3 is 0 Å². The van der Waals surface area contributed by atoms with Crippen LogP contribution in [0.1, 0.15) is 22.2 Å². The summed E-state index contributed by atoms with van der Waals surface area (Å²) in [5.41, 5.74) is 4.43. The molecule has 2 aromatic heterocycles. The summed E-state index contributed by atoms with van der Waals surface area (Å²) in [5, 5.41) is 0.381. The zero-order valence-electron chi connectivity index (χ0n) is 10.6. The van der Waals surface area contributed by atoms with Crippen LogP contribution in [0.4, 0.5) is 0 Å². The molecule has 19 heavy (non-hydrogen) atoms. The topological polar surface area (TPSA) is 41.6 Å². The summed E-state index contributed by atoms with van der Waals surface area (Å²) < 4.78 is 0. The summed E-state index contributed by atoms with van der Waals surface area (Å²) in [5.74, 6) is 1.04. The number of pyridine rings is 1. The Morgan fingerprint density at radius 2 is 2.21 bits per heavy atom. The van der Waals surface area contributed by atoms with E-state index in [1.807, 2.05) is 24.9 Å². The number of H-pyrrole nitrogens is 1. The lowest BCUT2D eigenvalue weighted by Crippen LogP contribution is -1.94. The largest absolute Gasteiger partial charge is 0.340 e. The molecule has 0 radical (unpaired) electrons. The van der Waals surface area contributed by atoms with Gasteiger partial charge in [0.25, 0.3) is 0 Å². The highest BCUT2D eigenvalue weighted by atomic mass is 32.2. The molecule has 3 heterocycles. The maximum atomic E-state index is 4.63. The van der Waals surface area contributed by atoms with Crippen LogP contribution in [-0.4, -0.2) is 15.0 Å². The van der Waals surface area contributed by atoms with Crippen molar-refractivity contribution in [1.82, 2.24) is 15.0 Å². The molecule has 1 atom stereocenters. The summed E-state index contributed by atoms with van der Waals surface area (Å²) in [6.07, 6.45) is 2.91. The van der Waals surface area contributed by atoms with Crippen LogP contribution in [0.3, 0.4) is 0 Å². The van der Waals surface area contributed by atoms with Gasteiger partial charge in [0.15, 0.2) is 5.65 Å². The van der Waals surface area contributed by atoms with Crippen LogP contribution in [0, 0.1) is 6.92 Å². The molecule has 0 saturated heterocycles. The summed E-state index contributed by atoms with van der Waals surface area (Å²) in [7, 11) is 0. The number of nitrogens with one attached hydrogen (secondary N) is 1. The van der Waals surface area contributed by atoms with Crippen molar-refractivity contribution < 1.29 is 0 Å². The Labute approximate surface area is 115 Å². The Morgan fingerprint density at radius 3 is 3.11 bits per heavy atom. The Morgan fingerprint density at radius 1 is 1.32 bits per heavy atom. The van der Waals surface area contributed by atoms with Gasteiger partial charge in [0.05, 0.1) is 10.8 Å². The first-order valence-corrected chi connectivity index (χ1v) is 7.24. The van der Waals surface area contributed by atoms with E-state index >= 15 is 0 Å². The number of thioether (sulfide) groups is 1. The maximum absolute atomic E-state index is 4.63. The van der Waals surface area contributed by atoms with Crippen molar-refractivity contribution in [2.45, 2.75) is 23.5 Å². The second-order valence-electron chi connectivity index (χ2n) is 4.92. The van der Waals surface area contributed by atoms with Crippen molar-refractivity contribution in [2.24, 2.45) is 0 Å². The molecule has 3 aromatic rings. The third kappa shape index (κ3) is 1.83. The monoisotopic (exact) mass is 267 g/mol. The van der Waals surface area contributed by atoms with Gasteiger partial charge in [0.1, 0.15) is 5.82 Å². The third-order valence-corrected chi connectivity index (χ3v) is 4.77. The second kappa shape index (κ2) is 4.10. The van der Waals surface area contributed by atoms with Gasteiger partial charge < -0.3 is 4.98 Å². The molecule has 1 aromatic carbocycles. The minimum Gasteiger partial charge on any atom is -0.340 e. The van der Waals surface area contributed by atoms with Crippen molar-refractivity contribution in [3.8, 4) is 0 Å². The maximum Gasteiger partial charge on any atom is 0.177 e. The Kier molecular flexibility index (Phi) is 2.38. The van der Waals surface area contributed by atoms with E-state index in [1.165, 1.54) is 10.5 Å². The molecule has 4 rings (SSSR count). The third-order valence-electron chi connectivity index (χ3n) is 3.44. The smallest absolute Gasteiger partial charge is 0.177 e. The zero-order valence-corrected chi connectivity index (χ0v) is 11.4. The molecular weight excluding hydrogens is 254 g/mol. The fourth-order valence-corrected chi connectivity index (χ4v) is 3.76. The van der Waals surface area contributed by atoms with E-state index in [0.29, 0.717) is 5.25 Å². The molecule has 1 unspecified atom stereocenters. The van der Waals surface area contributed by atoms with Gasteiger partial charge in [0, 0.05) is 11.1 Å². The normalized spacial score (nSPS) is 17.8. The van der Waals surface area contributed by atoms with Crippen molar-refractivity contribution in [3.63, 3.8) is 0 Å². The molecule has 0 saturated carbocycles. The van der Waals surface area contributed by atoms with Crippen LogP contribution >= 0.6 is 11.8 Å². The van der Waals surface area contributed by atoms with Gasteiger partial charge in [-0.2, -0.15) is 0 Å². The first kappa shape index (κ1) is 11.1. The number of fused-ring (bicyclic) bond motifs is 2. The van der Waals surface area contributed by atoms with Crippen molar-refractivity contribution in [3.05, 3.63) is 53.5 Å². The lowest BCUT2D eigenvalue weighted by atomic mass is 10.1. The van der Waals surface area contributed by atoms with E-state index < -0.39 is 0 Å². The molecule has 0 amide bonds. The number of aromatic nitrogens is 3. The number of hydrogen-bond acceptors (Lipinski definition) is 3. The average molecular weight is 267 g/mol. The molecule has 0 bridgehead atoms. The highest BCUT2D eigenvalue weighted by molar-refractivity contribution is 7.99. The van der Waals surface area contributed by atoms with Gasteiger partial charge in [-0.1, -0.05) is 18.2 Å². The predicted molar refractivity (Wildman–Crippen MR) is 77.4 cm³/mol. The highest BCUT2D eigenvalue weighted by Crippen LogP contribution is 2.45. The molecule has 0 spiro atoms. The Balaban J connectivity index is 1.73. The van der Waals surface area contributed by atoms with Gasteiger partial charge in [-0.25, -0.2) is 9.97 Å². The number of nitrogens with zero attached hydrogens (tertiary/aromatic N) is 2. The fraction of sp³-hybridized carbons (Fsp3) is 0.200. The van der Waals surface area contributed by atoms with E-state index in [2.05, 4.69) is 45.3 Å². The van der Waals surface area contributed by atoms with Gasteiger partial charge in [-0.3, -0.25) is 0 Å². The van der Waals surface area contributed by atoms with E-state index in [-0.39, 0.29) is 0 Å². The molecule has 1 N–H and O–H groups in total. The summed E-state index contributed by atoms with van der Waals surface area (Å²) in [6.45, 7) is 2.05. The first-order chi connectivity index (χ1) is 9.29. The van der Waals surface area contributed by atoms with Crippen LogP contribution in [-0.2, 0) is 6.42 Å². The SMILES string of the molecule is Cc1cnc2nc(C3Cc4ccccc4S3)[nH]c2c1. The lowest BCUT2D eigenvalue weighted by Gasteiger charge is -2.02. The molecule has 3 nitrogen and oxygen atoms in total.